The van der Waals surface area contributed by atoms with Gasteiger partial charge in [0.15, 0.2) is 5.82 Å². The number of carbonyl (C=O) groups is 1. The number of rotatable bonds is 7. The molecule has 0 unspecified atom stereocenters. The summed E-state index contributed by atoms with van der Waals surface area (Å²) in [5.74, 6) is 0.768. The molecule has 1 aromatic heterocycles. The molecule has 29 heavy (non-hydrogen) atoms. The maximum absolute atomic E-state index is 12.9. The summed E-state index contributed by atoms with van der Waals surface area (Å²) in [6.45, 7) is 4.35. The zero-order chi connectivity index (χ0) is 20.8. The van der Waals surface area contributed by atoms with Crippen LogP contribution in [0.3, 0.4) is 0 Å². The first kappa shape index (κ1) is 21.1. The van der Waals surface area contributed by atoms with E-state index in [9.17, 15) is 4.79 Å². The van der Waals surface area contributed by atoms with Crippen molar-refractivity contribution in [1.29, 1.82) is 5.26 Å². The van der Waals surface area contributed by atoms with Crippen molar-refractivity contribution in [3.63, 3.8) is 0 Å². The Hall–Kier alpha value is -2.63. The highest BCUT2D eigenvalue weighted by Gasteiger charge is 2.18. The lowest BCUT2D eigenvalue weighted by atomic mass is 10.1. The minimum atomic E-state index is -0.0785. The number of nitrogens with zero attached hydrogens (tertiary/aromatic N) is 4. The Kier molecular flexibility index (Phi) is 7.07. The van der Waals surface area contributed by atoms with Gasteiger partial charge < -0.3 is 4.90 Å². The van der Waals surface area contributed by atoms with Crippen LogP contribution in [-0.4, -0.2) is 33.4 Å². The van der Waals surface area contributed by atoms with Gasteiger partial charge in [0.05, 0.1) is 18.2 Å². The van der Waals surface area contributed by atoms with E-state index in [1.54, 1.807) is 4.90 Å². The quantitative estimate of drug-likeness (QED) is 0.497. The van der Waals surface area contributed by atoms with Crippen LogP contribution in [0, 0.1) is 25.2 Å². The molecule has 1 heterocycles. The minimum Gasteiger partial charge on any atom is -0.311 e. The van der Waals surface area contributed by atoms with E-state index in [0.29, 0.717) is 17.5 Å². The van der Waals surface area contributed by atoms with E-state index in [2.05, 4.69) is 43.2 Å². The van der Waals surface area contributed by atoms with Crippen molar-refractivity contribution < 1.29 is 4.79 Å². The number of aromatic nitrogens is 3. The average molecular weight is 470 g/mol. The number of hydrogen-bond acceptors (Lipinski definition) is 5. The molecule has 0 saturated carbocycles. The lowest BCUT2D eigenvalue weighted by Gasteiger charge is -2.22. The molecule has 1 amide bonds. The lowest BCUT2D eigenvalue weighted by molar-refractivity contribution is -0.116. The summed E-state index contributed by atoms with van der Waals surface area (Å²) in [5, 5.41) is 16.6. The highest BCUT2D eigenvalue weighted by Crippen LogP contribution is 2.23. The van der Waals surface area contributed by atoms with Crippen LogP contribution in [0.25, 0.3) is 11.4 Å². The molecule has 0 fully saturated rings. The molecular formula is C21H20BrN5OS. The van der Waals surface area contributed by atoms with Gasteiger partial charge in [-0.1, -0.05) is 45.9 Å². The number of nitriles is 1. The Morgan fingerprint density at radius 1 is 1.21 bits per heavy atom. The highest BCUT2D eigenvalue weighted by atomic mass is 79.9. The number of aromatic amines is 1. The van der Waals surface area contributed by atoms with Crippen molar-refractivity contribution in [2.24, 2.45) is 0 Å². The van der Waals surface area contributed by atoms with Crippen LogP contribution in [0.4, 0.5) is 5.69 Å². The number of carbonyl (C=O) groups excluding carboxylic acids is 1. The van der Waals surface area contributed by atoms with Crippen LogP contribution >= 0.6 is 27.7 Å². The fourth-order valence-electron chi connectivity index (χ4n) is 2.92. The summed E-state index contributed by atoms with van der Waals surface area (Å²) in [5.41, 5.74) is 3.89. The van der Waals surface area contributed by atoms with Gasteiger partial charge in [0.2, 0.25) is 11.1 Å². The molecule has 6 nitrogen and oxygen atoms in total. The third-order valence-corrected chi connectivity index (χ3v) is 5.53. The van der Waals surface area contributed by atoms with Gasteiger partial charge in [0.1, 0.15) is 0 Å². The Balaban J connectivity index is 1.70. The number of hydrogen-bond donors (Lipinski definition) is 1. The standard InChI is InChI=1S/C21H20BrN5OS/c1-14-10-15(2)12-18(11-14)27(9-3-8-23)19(28)13-29-21-24-20(25-26-21)16-4-6-17(22)7-5-16/h4-7,10-12H,3,9,13H2,1-2H3,(H,24,25,26). The fourth-order valence-corrected chi connectivity index (χ4v) is 3.86. The number of thioether (sulfide) groups is 1. The van der Waals surface area contributed by atoms with E-state index in [0.717, 1.165) is 26.9 Å². The predicted octanol–water partition coefficient (Wildman–Crippen LogP) is 4.89. The number of anilines is 1. The summed E-state index contributed by atoms with van der Waals surface area (Å²) in [7, 11) is 0. The molecule has 3 rings (SSSR count). The number of benzene rings is 2. The number of amides is 1. The Morgan fingerprint density at radius 3 is 2.55 bits per heavy atom. The molecule has 0 aliphatic rings. The third-order valence-electron chi connectivity index (χ3n) is 4.17. The van der Waals surface area contributed by atoms with E-state index < -0.39 is 0 Å². The molecule has 0 atom stereocenters. The number of H-pyrrole nitrogens is 1. The topological polar surface area (TPSA) is 85.7 Å². The van der Waals surface area contributed by atoms with Crippen LogP contribution in [0.5, 0.6) is 0 Å². The Morgan fingerprint density at radius 2 is 1.90 bits per heavy atom. The second kappa shape index (κ2) is 9.72. The largest absolute Gasteiger partial charge is 0.311 e. The molecule has 0 aliphatic heterocycles. The maximum Gasteiger partial charge on any atom is 0.237 e. The van der Waals surface area contributed by atoms with Crippen LogP contribution in [0.2, 0.25) is 0 Å². The average Bonchev–Trinajstić information content (AvgIpc) is 3.15. The molecule has 0 radical (unpaired) electrons. The Bertz CT molecular complexity index is 1020. The lowest BCUT2D eigenvalue weighted by Crippen LogP contribution is -2.33. The van der Waals surface area contributed by atoms with Crippen LogP contribution in [0.15, 0.2) is 52.1 Å². The Labute approximate surface area is 182 Å². The van der Waals surface area contributed by atoms with E-state index >= 15 is 0 Å². The van der Waals surface area contributed by atoms with Crippen LogP contribution in [-0.2, 0) is 4.79 Å². The number of nitrogens with one attached hydrogen (secondary N) is 1. The second-order valence-corrected chi connectivity index (χ2v) is 8.42. The molecule has 3 aromatic rings. The van der Waals surface area contributed by atoms with Crippen molar-refractivity contribution in [3.05, 3.63) is 58.1 Å². The minimum absolute atomic E-state index is 0.0785. The third kappa shape index (κ3) is 5.68. The summed E-state index contributed by atoms with van der Waals surface area (Å²) < 4.78 is 0.991. The summed E-state index contributed by atoms with van der Waals surface area (Å²) >= 11 is 4.69. The summed E-state index contributed by atoms with van der Waals surface area (Å²) in [6.07, 6.45) is 0.276. The van der Waals surface area contributed by atoms with E-state index in [4.69, 9.17) is 5.26 Å². The normalized spacial score (nSPS) is 10.6. The predicted molar refractivity (Wildman–Crippen MR) is 119 cm³/mol. The smallest absolute Gasteiger partial charge is 0.237 e. The summed E-state index contributed by atoms with van der Waals surface area (Å²) in [6, 6.07) is 15.9. The fraction of sp³-hybridized carbons (Fsp3) is 0.238. The van der Waals surface area contributed by atoms with Gasteiger partial charge in [-0.05, 0) is 49.2 Å². The SMILES string of the molecule is Cc1cc(C)cc(N(CCC#N)C(=O)CSc2n[nH]c(-c3ccc(Br)cc3)n2)c1. The zero-order valence-corrected chi connectivity index (χ0v) is 18.5. The van der Waals surface area contributed by atoms with E-state index in [-0.39, 0.29) is 18.1 Å². The van der Waals surface area contributed by atoms with Gasteiger partial charge in [0.25, 0.3) is 0 Å². The molecule has 0 saturated heterocycles. The molecule has 1 N–H and O–H groups in total. The highest BCUT2D eigenvalue weighted by molar-refractivity contribution is 9.10. The number of halogens is 1. The molecule has 2 aromatic carbocycles. The maximum atomic E-state index is 12.9. The molecule has 0 bridgehead atoms. The first-order valence-corrected chi connectivity index (χ1v) is 10.8. The first-order valence-electron chi connectivity index (χ1n) is 9.03. The monoisotopic (exact) mass is 469 g/mol. The van der Waals surface area contributed by atoms with Crippen molar-refractivity contribution >= 4 is 39.3 Å². The van der Waals surface area contributed by atoms with Gasteiger partial charge >= 0.3 is 0 Å². The van der Waals surface area contributed by atoms with Crippen molar-refractivity contribution in [1.82, 2.24) is 15.2 Å². The number of aryl methyl sites for hydroxylation is 2. The van der Waals surface area contributed by atoms with Crippen LogP contribution in [0.1, 0.15) is 17.5 Å². The van der Waals surface area contributed by atoms with E-state index in [1.807, 2.05) is 50.2 Å². The summed E-state index contributed by atoms with van der Waals surface area (Å²) in [4.78, 5) is 19.0. The molecular weight excluding hydrogens is 450 g/mol. The molecule has 8 heteroatoms. The van der Waals surface area contributed by atoms with Gasteiger partial charge in [-0.3, -0.25) is 9.89 Å². The van der Waals surface area contributed by atoms with E-state index in [1.165, 1.54) is 11.8 Å². The van der Waals surface area contributed by atoms with Gasteiger partial charge in [0, 0.05) is 22.3 Å². The molecule has 0 aliphatic carbocycles. The van der Waals surface area contributed by atoms with Crippen molar-refractivity contribution in [2.45, 2.75) is 25.4 Å². The van der Waals surface area contributed by atoms with Crippen molar-refractivity contribution in [3.8, 4) is 17.5 Å². The molecule has 148 valence electrons. The van der Waals surface area contributed by atoms with Gasteiger partial charge in [-0.2, -0.15) is 5.26 Å². The van der Waals surface area contributed by atoms with Gasteiger partial charge in [-0.25, -0.2) is 4.98 Å². The first-order chi connectivity index (χ1) is 14.0. The van der Waals surface area contributed by atoms with Crippen molar-refractivity contribution in [2.75, 3.05) is 17.2 Å². The van der Waals surface area contributed by atoms with Gasteiger partial charge in [-0.15, -0.1) is 5.10 Å². The van der Waals surface area contributed by atoms with Crippen LogP contribution < -0.4 is 4.90 Å². The molecule has 0 spiro atoms. The second-order valence-electron chi connectivity index (χ2n) is 6.56. The zero-order valence-electron chi connectivity index (χ0n) is 16.1.